The maximum absolute atomic E-state index is 5.55. The maximum Gasteiger partial charge on any atom is 0.134 e. The van der Waals surface area contributed by atoms with Crippen LogP contribution in [0.5, 0.6) is 0 Å². The van der Waals surface area contributed by atoms with E-state index >= 15 is 0 Å². The molecule has 0 aliphatic carbocycles. The number of rotatable bonds is 5. The third-order valence-electron chi connectivity index (χ3n) is 3.85. The molecule has 0 atom stereocenters. The minimum absolute atomic E-state index is 0.587. The molecule has 0 radical (unpaired) electrons. The van der Waals surface area contributed by atoms with Crippen LogP contribution >= 0.6 is 0 Å². The normalized spacial score (nSPS) is 11.4. The van der Waals surface area contributed by atoms with Crippen LogP contribution in [0.15, 0.2) is 59.2 Å². The smallest absolute Gasteiger partial charge is 0.134 e. The summed E-state index contributed by atoms with van der Waals surface area (Å²) in [6.07, 6.45) is 1.85. The van der Waals surface area contributed by atoms with Crippen LogP contribution in [0.1, 0.15) is 36.5 Å². The number of hydrogen-bond donors (Lipinski definition) is 1. The first-order valence-electron chi connectivity index (χ1n) is 7.48. The van der Waals surface area contributed by atoms with Crippen LogP contribution in [0.25, 0.3) is 11.0 Å². The van der Waals surface area contributed by atoms with Crippen molar-refractivity contribution in [3.63, 3.8) is 0 Å². The van der Waals surface area contributed by atoms with Gasteiger partial charge in [0.25, 0.3) is 0 Å². The van der Waals surface area contributed by atoms with Crippen LogP contribution in [0.4, 0.5) is 0 Å². The second-order valence-electron chi connectivity index (χ2n) is 5.76. The summed E-state index contributed by atoms with van der Waals surface area (Å²) in [6.45, 7) is 6.13. The molecular weight excluding hydrogens is 258 g/mol. The van der Waals surface area contributed by atoms with E-state index in [0.29, 0.717) is 5.92 Å². The molecule has 0 aliphatic rings. The molecule has 1 heterocycles. The Bertz CT molecular complexity index is 710. The van der Waals surface area contributed by atoms with E-state index in [9.17, 15) is 0 Å². The van der Waals surface area contributed by atoms with Gasteiger partial charge in [0.05, 0.1) is 6.26 Å². The number of fused-ring (bicyclic) bond motifs is 1. The molecule has 0 fully saturated rings. The summed E-state index contributed by atoms with van der Waals surface area (Å²) in [5.41, 5.74) is 4.87. The van der Waals surface area contributed by atoms with Gasteiger partial charge in [-0.2, -0.15) is 0 Å². The first-order chi connectivity index (χ1) is 10.2. The number of para-hydroxylation sites is 1. The average Bonchev–Trinajstić information content (AvgIpc) is 2.91. The van der Waals surface area contributed by atoms with Crippen molar-refractivity contribution in [2.75, 3.05) is 0 Å². The van der Waals surface area contributed by atoms with E-state index in [0.717, 1.165) is 18.7 Å². The van der Waals surface area contributed by atoms with Crippen molar-refractivity contribution >= 4 is 11.0 Å². The molecule has 3 aromatic rings. The van der Waals surface area contributed by atoms with Gasteiger partial charge in [0.15, 0.2) is 0 Å². The largest absolute Gasteiger partial charge is 0.464 e. The number of benzene rings is 2. The fourth-order valence-corrected chi connectivity index (χ4v) is 2.53. The minimum Gasteiger partial charge on any atom is -0.464 e. The van der Waals surface area contributed by atoms with Gasteiger partial charge in [-0.05, 0) is 23.1 Å². The van der Waals surface area contributed by atoms with E-state index in [-0.39, 0.29) is 0 Å². The lowest BCUT2D eigenvalue weighted by atomic mass is 10.0. The molecular formula is C19H21NO. The van der Waals surface area contributed by atoms with E-state index in [1.807, 2.05) is 24.5 Å². The van der Waals surface area contributed by atoms with Crippen molar-refractivity contribution in [3.8, 4) is 0 Å². The Morgan fingerprint density at radius 2 is 1.71 bits per heavy atom. The summed E-state index contributed by atoms with van der Waals surface area (Å²) in [5, 5.41) is 4.68. The second-order valence-corrected chi connectivity index (χ2v) is 5.76. The van der Waals surface area contributed by atoms with Gasteiger partial charge in [-0.15, -0.1) is 0 Å². The van der Waals surface area contributed by atoms with E-state index in [4.69, 9.17) is 4.42 Å². The van der Waals surface area contributed by atoms with Crippen molar-refractivity contribution in [2.24, 2.45) is 0 Å². The van der Waals surface area contributed by atoms with Crippen molar-refractivity contribution in [1.29, 1.82) is 0 Å². The van der Waals surface area contributed by atoms with Crippen LogP contribution < -0.4 is 5.32 Å². The molecule has 0 saturated heterocycles. The highest BCUT2D eigenvalue weighted by atomic mass is 16.3. The Balaban J connectivity index is 1.61. The molecule has 0 aliphatic heterocycles. The fraction of sp³-hybridized carbons (Fsp3) is 0.263. The molecule has 21 heavy (non-hydrogen) atoms. The zero-order valence-electron chi connectivity index (χ0n) is 12.6. The van der Waals surface area contributed by atoms with Crippen LogP contribution in [0, 0.1) is 0 Å². The van der Waals surface area contributed by atoms with Gasteiger partial charge >= 0.3 is 0 Å². The second kappa shape index (κ2) is 6.15. The molecule has 2 heteroatoms. The number of nitrogens with one attached hydrogen (secondary N) is 1. The lowest BCUT2D eigenvalue weighted by molar-refractivity contribution is 0.602. The Morgan fingerprint density at radius 1 is 0.952 bits per heavy atom. The molecule has 1 N–H and O–H groups in total. The summed E-state index contributed by atoms with van der Waals surface area (Å²) in [6, 6.07) is 17.0. The van der Waals surface area contributed by atoms with Crippen molar-refractivity contribution in [2.45, 2.75) is 32.9 Å². The highest BCUT2D eigenvalue weighted by molar-refractivity contribution is 5.80. The van der Waals surface area contributed by atoms with E-state index < -0.39 is 0 Å². The molecule has 0 unspecified atom stereocenters. The molecule has 1 aromatic heterocycles. The molecule has 0 saturated carbocycles. The Kier molecular flexibility index (Phi) is 4.07. The molecule has 0 amide bonds. The van der Waals surface area contributed by atoms with Crippen molar-refractivity contribution in [3.05, 3.63) is 71.5 Å². The SMILES string of the molecule is CC(C)c1ccc(CNCc2coc3ccccc23)cc1. The summed E-state index contributed by atoms with van der Waals surface area (Å²) >= 11 is 0. The average molecular weight is 279 g/mol. The molecule has 3 rings (SSSR count). The van der Waals surface area contributed by atoms with Crippen LogP contribution in [0.2, 0.25) is 0 Å². The van der Waals surface area contributed by atoms with Crippen LogP contribution in [-0.4, -0.2) is 0 Å². The van der Waals surface area contributed by atoms with E-state index in [1.165, 1.54) is 22.1 Å². The minimum atomic E-state index is 0.587. The quantitative estimate of drug-likeness (QED) is 0.722. The summed E-state index contributed by atoms with van der Waals surface area (Å²) in [5.74, 6) is 0.587. The van der Waals surface area contributed by atoms with Crippen molar-refractivity contribution < 1.29 is 4.42 Å². The molecule has 108 valence electrons. The number of furan rings is 1. The zero-order valence-corrected chi connectivity index (χ0v) is 12.6. The monoisotopic (exact) mass is 279 g/mol. The summed E-state index contributed by atoms with van der Waals surface area (Å²) < 4.78 is 5.55. The summed E-state index contributed by atoms with van der Waals surface area (Å²) in [7, 11) is 0. The molecule has 2 nitrogen and oxygen atoms in total. The van der Waals surface area contributed by atoms with Crippen molar-refractivity contribution in [1.82, 2.24) is 5.32 Å². The zero-order chi connectivity index (χ0) is 14.7. The lowest BCUT2D eigenvalue weighted by Gasteiger charge is -2.07. The van der Waals surface area contributed by atoms with Gasteiger partial charge in [0.1, 0.15) is 5.58 Å². The topological polar surface area (TPSA) is 25.2 Å². The van der Waals surface area contributed by atoms with Crippen LogP contribution in [-0.2, 0) is 13.1 Å². The first kappa shape index (κ1) is 13.9. The molecule has 2 aromatic carbocycles. The standard InChI is InChI=1S/C19H21NO/c1-14(2)16-9-7-15(8-10-16)11-20-12-17-13-21-19-6-4-3-5-18(17)19/h3-10,13-14,20H,11-12H2,1-2H3. The van der Waals surface area contributed by atoms with Gasteiger partial charge in [-0.25, -0.2) is 0 Å². The Labute approximate surface area is 125 Å². The van der Waals surface area contributed by atoms with Gasteiger partial charge < -0.3 is 9.73 Å². The first-order valence-corrected chi connectivity index (χ1v) is 7.48. The molecule has 0 bridgehead atoms. The van der Waals surface area contributed by atoms with E-state index in [2.05, 4.69) is 49.5 Å². The Hall–Kier alpha value is -2.06. The maximum atomic E-state index is 5.55. The summed E-state index contributed by atoms with van der Waals surface area (Å²) in [4.78, 5) is 0. The third kappa shape index (κ3) is 3.17. The predicted molar refractivity (Wildman–Crippen MR) is 87.3 cm³/mol. The predicted octanol–water partition coefficient (Wildman–Crippen LogP) is 4.85. The van der Waals surface area contributed by atoms with E-state index in [1.54, 1.807) is 0 Å². The van der Waals surface area contributed by atoms with Crippen LogP contribution in [0.3, 0.4) is 0 Å². The lowest BCUT2D eigenvalue weighted by Crippen LogP contribution is -2.12. The third-order valence-corrected chi connectivity index (χ3v) is 3.85. The fourth-order valence-electron chi connectivity index (χ4n) is 2.53. The highest BCUT2D eigenvalue weighted by Crippen LogP contribution is 2.20. The van der Waals surface area contributed by atoms with Gasteiger partial charge in [-0.1, -0.05) is 56.3 Å². The number of hydrogen-bond acceptors (Lipinski definition) is 2. The van der Waals surface area contributed by atoms with Gasteiger partial charge in [0, 0.05) is 24.0 Å². The molecule has 0 spiro atoms. The van der Waals surface area contributed by atoms with Gasteiger partial charge in [-0.3, -0.25) is 0 Å². The highest BCUT2D eigenvalue weighted by Gasteiger charge is 2.04. The van der Waals surface area contributed by atoms with Gasteiger partial charge in [0.2, 0.25) is 0 Å². The Morgan fingerprint density at radius 3 is 2.48 bits per heavy atom.